The van der Waals surface area contributed by atoms with Crippen LogP contribution in [0.4, 0.5) is 0 Å². The van der Waals surface area contributed by atoms with Crippen LogP contribution in [0.1, 0.15) is 23.1 Å². The monoisotopic (exact) mass is 322 g/mol. The molecule has 0 bridgehead atoms. The fourth-order valence-corrected chi connectivity index (χ4v) is 2.40. The molecule has 2 aromatic carbocycles. The summed E-state index contributed by atoms with van der Waals surface area (Å²) in [6.45, 7) is 2.00. The standard InChI is InChI=1S/C18H18N4O2/c1-3-16-20-18(12-7-9-15(24-2)10-8-12)22(21-16)14-6-4-5-13(11-14)17(19)23/h4-11H,3H2,1-2H3,(H2,19,23). The van der Waals surface area contributed by atoms with Crippen LogP contribution >= 0.6 is 0 Å². The second kappa shape index (κ2) is 6.54. The van der Waals surface area contributed by atoms with Crippen LogP contribution < -0.4 is 10.5 Å². The molecule has 0 saturated carbocycles. The van der Waals surface area contributed by atoms with Gasteiger partial charge in [0, 0.05) is 17.5 Å². The number of benzene rings is 2. The Kier molecular flexibility index (Phi) is 4.29. The molecule has 3 aromatic rings. The molecule has 0 aliphatic heterocycles. The SMILES string of the molecule is CCc1nc(-c2ccc(OC)cc2)n(-c2cccc(C(N)=O)c2)n1. The number of methoxy groups -OCH3 is 1. The molecule has 2 N–H and O–H groups in total. The van der Waals surface area contributed by atoms with E-state index in [1.165, 1.54) is 0 Å². The topological polar surface area (TPSA) is 83.0 Å². The Morgan fingerprint density at radius 1 is 1.21 bits per heavy atom. The number of hydrogen-bond acceptors (Lipinski definition) is 4. The number of hydrogen-bond donors (Lipinski definition) is 1. The third-order valence-corrected chi connectivity index (χ3v) is 3.69. The average Bonchev–Trinajstić information content (AvgIpc) is 3.06. The molecule has 3 rings (SSSR count). The maximum atomic E-state index is 11.4. The van der Waals surface area contributed by atoms with Gasteiger partial charge < -0.3 is 10.5 Å². The summed E-state index contributed by atoms with van der Waals surface area (Å²) in [5.41, 5.74) is 7.46. The van der Waals surface area contributed by atoms with Crippen molar-refractivity contribution in [3.8, 4) is 22.8 Å². The molecule has 6 nitrogen and oxygen atoms in total. The van der Waals surface area contributed by atoms with Gasteiger partial charge in [-0.05, 0) is 42.5 Å². The number of aryl methyl sites for hydroxylation is 1. The summed E-state index contributed by atoms with van der Waals surface area (Å²) >= 11 is 0. The molecule has 0 aliphatic rings. The zero-order valence-corrected chi connectivity index (χ0v) is 13.6. The van der Waals surface area contributed by atoms with E-state index in [9.17, 15) is 4.79 Å². The van der Waals surface area contributed by atoms with E-state index in [4.69, 9.17) is 10.5 Å². The first-order chi connectivity index (χ1) is 11.6. The molecule has 0 spiro atoms. The van der Waals surface area contributed by atoms with Crippen LogP contribution in [-0.2, 0) is 6.42 Å². The van der Waals surface area contributed by atoms with E-state index in [1.807, 2.05) is 37.3 Å². The lowest BCUT2D eigenvalue weighted by atomic mass is 10.1. The molecule has 0 radical (unpaired) electrons. The molecule has 0 atom stereocenters. The van der Waals surface area contributed by atoms with E-state index < -0.39 is 5.91 Å². The number of aromatic nitrogens is 3. The molecular weight excluding hydrogens is 304 g/mol. The second-order valence-electron chi connectivity index (χ2n) is 5.26. The van der Waals surface area contributed by atoms with E-state index in [0.29, 0.717) is 17.8 Å². The van der Waals surface area contributed by atoms with Crippen LogP contribution in [0.3, 0.4) is 0 Å². The number of primary amides is 1. The highest BCUT2D eigenvalue weighted by molar-refractivity contribution is 5.93. The van der Waals surface area contributed by atoms with Gasteiger partial charge in [0.15, 0.2) is 11.6 Å². The first-order valence-corrected chi connectivity index (χ1v) is 7.63. The predicted octanol–water partition coefficient (Wildman–Crippen LogP) is 2.60. The number of carbonyl (C=O) groups is 1. The Morgan fingerprint density at radius 3 is 2.58 bits per heavy atom. The van der Waals surface area contributed by atoms with Gasteiger partial charge in [0.1, 0.15) is 5.75 Å². The highest BCUT2D eigenvalue weighted by Gasteiger charge is 2.14. The van der Waals surface area contributed by atoms with Crippen molar-refractivity contribution >= 4 is 5.91 Å². The molecule has 6 heteroatoms. The van der Waals surface area contributed by atoms with Crippen molar-refractivity contribution in [2.24, 2.45) is 5.73 Å². The zero-order valence-electron chi connectivity index (χ0n) is 13.6. The number of carbonyl (C=O) groups excluding carboxylic acids is 1. The van der Waals surface area contributed by atoms with Crippen LogP contribution in [0.5, 0.6) is 5.75 Å². The Labute approximate surface area is 139 Å². The molecule has 0 unspecified atom stereocenters. The van der Waals surface area contributed by atoms with Crippen LogP contribution in [0, 0.1) is 0 Å². The van der Waals surface area contributed by atoms with Crippen LogP contribution in [0.2, 0.25) is 0 Å². The quantitative estimate of drug-likeness (QED) is 0.782. The van der Waals surface area contributed by atoms with Gasteiger partial charge in [-0.15, -0.1) is 0 Å². The third-order valence-electron chi connectivity index (χ3n) is 3.69. The summed E-state index contributed by atoms with van der Waals surface area (Å²) in [6, 6.07) is 14.6. The molecule has 24 heavy (non-hydrogen) atoms. The number of nitrogens with zero attached hydrogens (tertiary/aromatic N) is 3. The lowest BCUT2D eigenvalue weighted by Crippen LogP contribution is -2.11. The van der Waals surface area contributed by atoms with Crippen molar-refractivity contribution < 1.29 is 9.53 Å². The van der Waals surface area contributed by atoms with Gasteiger partial charge in [-0.2, -0.15) is 5.10 Å². The van der Waals surface area contributed by atoms with Crippen molar-refractivity contribution in [1.82, 2.24) is 14.8 Å². The van der Waals surface area contributed by atoms with Gasteiger partial charge in [-0.3, -0.25) is 4.79 Å². The maximum Gasteiger partial charge on any atom is 0.248 e. The van der Waals surface area contributed by atoms with Crippen molar-refractivity contribution in [3.05, 3.63) is 59.9 Å². The lowest BCUT2D eigenvalue weighted by Gasteiger charge is -2.08. The summed E-state index contributed by atoms with van der Waals surface area (Å²) in [5, 5.41) is 4.54. The van der Waals surface area contributed by atoms with Crippen LogP contribution in [-0.4, -0.2) is 27.8 Å². The molecular formula is C18H18N4O2. The van der Waals surface area contributed by atoms with Crippen LogP contribution in [0.25, 0.3) is 17.1 Å². The summed E-state index contributed by atoms with van der Waals surface area (Å²) in [7, 11) is 1.63. The van der Waals surface area contributed by atoms with Gasteiger partial charge in [-0.25, -0.2) is 9.67 Å². The minimum Gasteiger partial charge on any atom is -0.497 e. The smallest absolute Gasteiger partial charge is 0.248 e. The van der Waals surface area contributed by atoms with E-state index in [0.717, 1.165) is 22.8 Å². The van der Waals surface area contributed by atoms with Crippen molar-refractivity contribution in [3.63, 3.8) is 0 Å². The zero-order chi connectivity index (χ0) is 17.1. The minimum atomic E-state index is -0.473. The second-order valence-corrected chi connectivity index (χ2v) is 5.26. The molecule has 122 valence electrons. The lowest BCUT2D eigenvalue weighted by molar-refractivity contribution is 0.1000. The van der Waals surface area contributed by atoms with Crippen molar-refractivity contribution in [1.29, 1.82) is 0 Å². The summed E-state index contributed by atoms with van der Waals surface area (Å²) in [5.74, 6) is 1.73. The molecule has 0 saturated heterocycles. The van der Waals surface area contributed by atoms with E-state index in [2.05, 4.69) is 10.1 Å². The Hall–Kier alpha value is -3.15. The van der Waals surface area contributed by atoms with Gasteiger partial charge in [0.2, 0.25) is 5.91 Å². The maximum absolute atomic E-state index is 11.4. The van der Waals surface area contributed by atoms with Crippen molar-refractivity contribution in [2.45, 2.75) is 13.3 Å². The van der Waals surface area contributed by atoms with E-state index in [1.54, 1.807) is 30.0 Å². The van der Waals surface area contributed by atoms with Crippen LogP contribution in [0.15, 0.2) is 48.5 Å². The van der Waals surface area contributed by atoms with E-state index >= 15 is 0 Å². The number of amides is 1. The normalized spacial score (nSPS) is 10.6. The Balaban J connectivity index is 2.12. The first kappa shape index (κ1) is 15.7. The number of ether oxygens (including phenoxy) is 1. The largest absolute Gasteiger partial charge is 0.497 e. The highest BCUT2D eigenvalue weighted by Crippen LogP contribution is 2.24. The fourth-order valence-electron chi connectivity index (χ4n) is 2.40. The molecule has 1 aromatic heterocycles. The average molecular weight is 322 g/mol. The number of nitrogens with two attached hydrogens (primary N) is 1. The summed E-state index contributed by atoms with van der Waals surface area (Å²) in [4.78, 5) is 16.0. The van der Waals surface area contributed by atoms with Gasteiger partial charge >= 0.3 is 0 Å². The minimum absolute atomic E-state index is 0.432. The Morgan fingerprint density at radius 2 is 1.96 bits per heavy atom. The molecule has 0 aliphatic carbocycles. The van der Waals surface area contributed by atoms with E-state index in [-0.39, 0.29) is 0 Å². The molecule has 1 heterocycles. The third kappa shape index (κ3) is 2.99. The van der Waals surface area contributed by atoms with Gasteiger partial charge in [0.05, 0.1) is 12.8 Å². The fraction of sp³-hybridized carbons (Fsp3) is 0.167. The van der Waals surface area contributed by atoms with Gasteiger partial charge in [-0.1, -0.05) is 13.0 Å². The number of rotatable bonds is 5. The Bertz CT molecular complexity index is 869. The predicted molar refractivity (Wildman–Crippen MR) is 91.2 cm³/mol. The molecule has 1 amide bonds. The summed E-state index contributed by atoms with van der Waals surface area (Å²) < 4.78 is 6.92. The van der Waals surface area contributed by atoms with Crippen molar-refractivity contribution in [2.75, 3.05) is 7.11 Å². The summed E-state index contributed by atoms with van der Waals surface area (Å²) in [6.07, 6.45) is 0.714. The van der Waals surface area contributed by atoms with Gasteiger partial charge in [0.25, 0.3) is 0 Å². The highest BCUT2D eigenvalue weighted by atomic mass is 16.5. The molecule has 0 fully saturated rings. The first-order valence-electron chi connectivity index (χ1n) is 7.63.